The number of nitrogens with zero attached hydrogens (tertiary/aromatic N) is 2. The van der Waals surface area contributed by atoms with Gasteiger partial charge < -0.3 is 5.32 Å². The van der Waals surface area contributed by atoms with Crippen molar-refractivity contribution >= 4 is 0 Å². The maximum Gasteiger partial charge on any atom is 0.266 e. The van der Waals surface area contributed by atoms with Gasteiger partial charge in [0, 0.05) is 18.7 Å². The fourth-order valence-electron chi connectivity index (χ4n) is 1.48. The fraction of sp³-hybridized carbons (Fsp3) is 0.667. The van der Waals surface area contributed by atoms with Crippen molar-refractivity contribution in [3.63, 3.8) is 0 Å². The summed E-state index contributed by atoms with van der Waals surface area (Å²) in [5.74, 6) is 0.398. The maximum atomic E-state index is 11.5. The summed E-state index contributed by atoms with van der Waals surface area (Å²) < 4.78 is 1.54. The van der Waals surface area contributed by atoms with E-state index in [1.54, 1.807) is 16.8 Å². The minimum absolute atomic E-state index is 0.0259. The van der Waals surface area contributed by atoms with Crippen LogP contribution in [0, 0.1) is 12.8 Å². The summed E-state index contributed by atoms with van der Waals surface area (Å²) in [5.41, 5.74) is 0.852. The van der Waals surface area contributed by atoms with Gasteiger partial charge in [0.2, 0.25) is 0 Å². The number of hydrogen-bond acceptors (Lipinski definition) is 3. The van der Waals surface area contributed by atoms with E-state index in [0.717, 1.165) is 12.2 Å². The zero-order valence-corrected chi connectivity index (χ0v) is 10.5. The topological polar surface area (TPSA) is 46.9 Å². The molecule has 0 amide bonds. The van der Waals surface area contributed by atoms with Crippen molar-refractivity contribution in [2.45, 2.75) is 40.3 Å². The molecular weight excluding hydrogens is 202 g/mol. The van der Waals surface area contributed by atoms with Crippen molar-refractivity contribution in [3.05, 3.63) is 28.2 Å². The number of aryl methyl sites for hydroxylation is 1. The molecule has 0 fully saturated rings. The molecule has 90 valence electrons. The molecule has 1 unspecified atom stereocenters. The van der Waals surface area contributed by atoms with Crippen LogP contribution in [0.3, 0.4) is 0 Å². The minimum atomic E-state index is -0.0259. The van der Waals surface area contributed by atoms with E-state index in [0.29, 0.717) is 18.5 Å². The lowest BCUT2D eigenvalue weighted by atomic mass is 10.1. The second kappa shape index (κ2) is 5.80. The molecule has 0 saturated carbocycles. The second-order valence-electron chi connectivity index (χ2n) is 4.66. The summed E-state index contributed by atoms with van der Waals surface area (Å²) in [5, 5.41) is 7.57. The van der Waals surface area contributed by atoms with Crippen LogP contribution in [0.2, 0.25) is 0 Å². The summed E-state index contributed by atoms with van der Waals surface area (Å²) in [4.78, 5) is 11.5. The summed E-state index contributed by atoms with van der Waals surface area (Å²) in [6, 6.07) is 3.80. The Labute approximate surface area is 96.7 Å². The van der Waals surface area contributed by atoms with Crippen molar-refractivity contribution in [3.8, 4) is 0 Å². The van der Waals surface area contributed by atoms with Gasteiger partial charge in [-0.15, -0.1) is 0 Å². The molecule has 0 aromatic carbocycles. The van der Waals surface area contributed by atoms with Crippen molar-refractivity contribution in [1.29, 1.82) is 0 Å². The Balaban J connectivity index is 2.58. The van der Waals surface area contributed by atoms with E-state index >= 15 is 0 Å². The molecule has 0 radical (unpaired) electrons. The Bertz CT molecular complexity index is 384. The molecule has 1 heterocycles. The molecule has 1 N–H and O–H groups in total. The highest BCUT2D eigenvalue weighted by Crippen LogP contribution is 1.97. The minimum Gasteiger partial charge on any atom is -0.314 e. The molecule has 1 atom stereocenters. The molecule has 1 aromatic heterocycles. The molecule has 4 heteroatoms. The molecule has 0 aliphatic rings. The van der Waals surface area contributed by atoms with E-state index in [4.69, 9.17) is 0 Å². The van der Waals surface area contributed by atoms with E-state index in [2.05, 4.69) is 31.2 Å². The quantitative estimate of drug-likeness (QED) is 0.815. The molecule has 16 heavy (non-hydrogen) atoms. The van der Waals surface area contributed by atoms with Crippen LogP contribution in [0.5, 0.6) is 0 Å². The normalized spacial score (nSPS) is 13.1. The summed E-state index contributed by atoms with van der Waals surface area (Å²) in [6.45, 7) is 9.81. The number of aromatic nitrogens is 2. The molecule has 0 aliphatic carbocycles. The van der Waals surface area contributed by atoms with Crippen LogP contribution in [0.15, 0.2) is 16.9 Å². The summed E-state index contributed by atoms with van der Waals surface area (Å²) >= 11 is 0. The Hall–Kier alpha value is -1.16. The van der Waals surface area contributed by atoms with Gasteiger partial charge in [-0.2, -0.15) is 5.10 Å². The van der Waals surface area contributed by atoms with Crippen molar-refractivity contribution in [1.82, 2.24) is 15.1 Å². The molecule has 1 aromatic rings. The van der Waals surface area contributed by atoms with E-state index in [-0.39, 0.29) is 5.56 Å². The Morgan fingerprint density at radius 1 is 1.38 bits per heavy atom. The molecule has 4 nitrogen and oxygen atoms in total. The third kappa shape index (κ3) is 4.14. The van der Waals surface area contributed by atoms with E-state index < -0.39 is 0 Å². The first-order valence-corrected chi connectivity index (χ1v) is 5.77. The lowest BCUT2D eigenvalue weighted by molar-refractivity contribution is 0.395. The van der Waals surface area contributed by atoms with Crippen LogP contribution in [0.25, 0.3) is 0 Å². The molecule has 0 bridgehead atoms. The van der Waals surface area contributed by atoms with Crippen molar-refractivity contribution in [2.24, 2.45) is 5.92 Å². The zero-order chi connectivity index (χ0) is 12.1. The van der Waals surface area contributed by atoms with Gasteiger partial charge in [-0.1, -0.05) is 20.8 Å². The van der Waals surface area contributed by atoms with Crippen molar-refractivity contribution < 1.29 is 0 Å². The number of rotatable bonds is 5. The van der Waals surface area contributed by atoms with Gasteiger partial charge in [0.15, 0.2) is 0 Å². The first-order chi connectivity index (χ1) is 7.49. The third-order valence-electron chi connectivity index (χ3n) is 2.36. The van der Waals surface area contributed by atoms with E-state index in [1.807, 2.05) is 6.92 Å². The molecule has 0 aliphatic heterocycles. The van der Waals surface area contributed by atoms with Crippen LogP contribution in [-0.2, 0) is 6.54 Å². The third-order valence-corrected chi connectivity index (χ3v) is 2.36. The number of hydrogen-bond donors (Lipinski definition) is 1. The molecule has 0 saturated heterocycles. The lowest BCUT2D eigenvalue weighted by Crippen LogP contribution is -2.33. The Kier molecular flexibility index (Phi) is 4.68. The first kappa shape index (κ1) is 12.9. The summed E-state index contributed by atoms with van der Waals surface area (Å²) in [6.07, 6.45) is 0. The average molecular weight is 223 g/mol. The van der Waals surface area contributed by atoms with E-state index in [9.17, 15) is 4.79 Å². The van der Waals surface area contributed by atoms with Crippen LogP contribution in [-0.4, -0.2) is 22.4 Å². The average Bonchev–Trinajstić information content (AvgIpc) is 2.20. The fourth-order valence-corrected chi connectivity index (χ4v) is 1.48. The van der Waals surface area contributed by atoms with Gasteiger partial charge in [0.1, 0.15) is 0 Å². The van der Waals surface area contributed by atoms with Gasteiger partial charge in [0.25, 0.3) is 5.56 Å². The van der Waals surface area contributed by atoms with Crippen LogP contribution in [0.1, 0.15) is 26.5 Å². The predicted molar refractivity (Wildman–Crippen MR) is 65.5 cm³/mol. The second-order valence-corrected chi connectivity index (χ2v) is 4.66. The van der Waals surface area contributed by atoms with Crippen LogP contribution < -0.4 is 10.9 Å². The smallest absolute Gasteiger partial charge is 0.266 e. The zero-order valence-electron chi connectivity index (χ0n) is 10.5. The van der Waals surface area contributed by atoms with Gasteiger partial charge in [-0.3, -0.25) is 4.79 Å². The highest BCUT2D eigenvalue weighted by molar-refractivity contribution is 4.97. The van der Waals surface area contributed by atoms with Crippen LogP contribution in [0.4, 0.5) is 0 Å². The van der Waals surface area contributed by atoms with Gasteiger partial charge in [0.05, 0.1) is 5.69 Å². The monoisotopic (exact) mass is 223 g/mol. The van der Waals surface area contributed by atoms with E-state index in [1.165, 1.54) is 0 Å². The Morgan fingerprint density at radius 3 is 2.69 bits per heavy atom. The molecule has 1 rings (SSSR count). The standard InChI is InChI=1S/C12H21N3O/c1-9(2)13-7-10(3)8-15-12(16)6-5-11(4)14-15/h5-6,9-10,13H,7-8H2,1-4H3. The first-order valence-electron chi connectivity index (χ1n) is 5.77. The Morgan fingerprint density at radius 2 is 2.06 bits per heavy atom. The number of nitrogens with one attached hydrogen (secondary N) is 1. The van der Waals surface area contributed by atoms with Crippen molar-refractivity contribution in [2.75, 3.05) is 6.54 Å². The highest BCUT2D eigenvalue weighted by atomic mass is 16.1. The van der Waals surface area contributed by atoms with Gasteiger partial charge in [-0.25, -0.2) is 4.68 Å². The maximum absolute atomic E-state index is 11.5. The largest absolute Gasteiger partial charge is 0.314 e. The molecule has 0 spiro atoms. The summed E-state index contributed by atoms with van der Waals surface area (Å²) in [7, 11) is 0. The van der Waals surface area contributed by atoms with Crippen LogP contribution >= 0.6 is 0 Å². The highest BCUT2D eigenvalue weighted by Gasteiger charge is 2.06. The predicted octanol–water partition coefficient (Wildman–Crippen LogP) is 1.19. The van der Waals surface area contributed by atoms with Gasteiger partial charge >= 0.3 is 0 Å². The molecular formula is C12H21N3O. The lowest BCUT2D eigenvalue weighted by Gasteiger charge is -2.15. The van der Waals surface area contributed by atoms with Gasteiger partial charge in [-0.05, 0) is 25.5 Å². The SMILES string of the molecule is Cc1ccc(=O)n(CC(C)CNC(C)C)n1.